The molecule has 3 heterocycles. The Hall–Kier alpha value is -1.14. The molecule has 0 N–H and O–H groups in total. The number of fused-ring (bicyclic) bond motifs is 1. The smallest absolute Gasteiger partial charge is 0.233 e. The number of carbonyl (C=O) groups is 1. The van der Waals surface area contributed by atoms with Gasteiger partial charge in [0.1, 0.15) is 11.4 Å². The first-order valence-corrected chi connectivity index (χ1v) is 9.26. The zero-order valence-electron chi connectivity index (χ0n) is 12.1. The van der Waals surface area contributed by atoms with Gasteiger partial charge in [-0.05, 0) is 37.1 Å². The molecule has 6 heteroatoms. The maximum Gasteiger partial charge on any atom is 0.233 e. The maximum absolute atomic E-state index is 12.5. The summed E-state index contributed by atoms with van der Waals surface area (Å²) in [6.45, 7) is 3.08. The van der Waals surface area contributed by atoms with E-state index < -0.39 is 0 Å². The number of piperidine rings is 1. The number of aromatic nitrogens is 2. The molecule has 2 aromatic heterocycles. The van der Waals surface area contributed by atoms with Gasteiger partial charge in [-0.3, -0.25) is 4.79 Å². The molecular weight excluding hydrogens is 302 g/mol. The van der Waals surface area contributed by atoms with Crippen LogP contribution in [0.25, 0.3) is 10.2 Å². The Kier molecular flexibility index (Phi) is 4.75. The molecule has 0 saturated carbocycles. The Morgan fingerprint density at radius 2 is 2.38 bits per heavy atom. The molecule has 4 nitrogen and oxygen atoms in total. The third kappa shape index (κ3) is 3.21. The number of nitrogens with zero attached hydrogens (tertiary/aromatic N) is 3. The standard InChI is InChI=1S/C15H19N3OS2/c1-2-11-5-3-4-7-18(11)13(19)9-21-15-14-12(6-8-20-14)16-10-17-15/h6,8,10-11H,2-5,7,9H2,1H3. The summed E-state index contributed by atoms with van der Waals surface area (Å²) in [6.07, 6.45) is 6.17. The number of carbonyl (C=O) groups excluding carboxylic acids is 1. The van der Waals surface area contributed by atoms with E-state index in [-0.39, 0.29) is 5.91 Å². The third-order valence-corrected chi connectivity index (χ3v) is 5.98. The molecule has 1 aliphatic rings. The lowest BCUT2D eigenvalue weighted by molar-refractivity contribution is -0.132. The van der Waals surface area contributed by atoms with Crippen molar-refractivity contribution in [2.75, 3.05) is 12.3 Å². The molecule has 0 spiro atoms. The minimum absolute atomic E-state index is 0.245. The summed E-state index contributed by atoms with van der Waals surface area (Å²) in [5.41, 5.74) is 0.967. The van der Waals surface area contributed by atoms with Crippen molar-refractivity contribution in [2.45, 2.75) is 43.7 Å². The van der Waals surface area contributed by atoms with Crippen LogP contribution in [0.3, 0.4) is 0 Å². The van der Waals surface area contributed by atoms with Crippen LogP contribution in [0.1, 0.15) is 32.6 Å². The third-order valence-electron chi connectivity index (χ3n) is 3.96. The number of rotatable bonds is 4. The second-order valence-electron chi connectivity index (χ2n) is 5.25. The topological polar surface area (TPSA) is 46.1 Å². The first-order valence-electron chi connectivity index (χ1n) is 7.40. The van der Waals surface area contributed by atoms with Crippen molar-refractivity contribution in [3.63, 3.8) is 0 Å². The maximum atomic E-state index is 12.5. The highest BCUT2D eigenvalue weighted by molar-refractivity contribution is 8.00. The highest BCUT2D eigenvalue weighted by Gasteiger charge is 2.25. The minimum atomic E-state index is 0.245. The van der Waals surface area contributed by atoms with E-state index in [2.05, 4.69) is 21.8 Å². The molecule has 0 aliphatic carbocycles. The van der Waals surface area contributed by atoms with Crippen LogP contribution in [0, 0.1) is 0 Å². The van der Waals surface area contributed by atoms with Crippen LogP contribution in [0.4, 0.5) is 0 Å². The van der Waals surface area contributed by atoms with E-state index in [0.29, 0.717) is 11.8 Å². The van der Waals surface area contributed by atoms with Crippen LogP contribution in [-0.2, 0) is 4.79 Å². The van der Waals surface area contributed by atoms with E-state index in [1.54, 1.807) is 17.7 Å². The molecule has 1 amide bonds. The van der Waals surface area contributed by atoms with Gasteiger partial charge >= 0.3 is 0 Å². The van der Waals surface area contributed by atoms with Crippen molar-refractivity contribution >= 4 is 39.2 Å². The molecule has 1 atom stereocenters. The summed E-state index contributed by atoms with van der Waals surface area (Å²) < 4.78 is 1.08. The van der Waals surface area contributed by atoms with Gasteiger partial charge in [0.05, 0.1) is 16.0 Å². The first-order chi connectivity index (χ1) is 10.3. The molecule has 3 rings (SSSR count). The van der Waals surface area contributed by atoms with Gasteiger partial charge in [0.15, 0.2) is 0 Å². The largest absolute Gasteiger partial charge is 0.339 e. The van der Waals surface area contributed by atoms with Gasteiger partial charge in [0.25, 0.3) is 0 Å². The molecule has 0 aromatic carbocycles. The van der Waals surface area contributed by atoms with Gasteiger partial charge in [-0.2, -0.15) is 0 Å². The van der Waals surface area contributed by atoms with E-state index >= 15 is 0 Å². The summed E-state index contributed by atoms with van der Waals surface area (Å²) in [5.74, 6) is 0.718. The molecule has 1 unspecified atom stereocenters. The predicted molar refractivity (Wildman–Crippen MR) is 87.8 cm³/mol. The van der Waals surface area contributed by atoms with Crippen LogP contribution in [-0.4, -0.2) is 39.1 Å². The Bertz CT molecular complexity index is 628. The summed E-state index contributed by atoms with van der Waals surface area (Å²) in [7, 11) is 0. The number of hydrogen-bond acceptors (Lipinski definition) is 5. The fraction of sp³-hybridized carbons (Fsp3) is 0.533. The fourth-order valence-corrected chi connectivity index (χ4v) is 4.67. The van der Waals surface area contributed by atoms with E-state index in [9.17, 15) is 4.79 Å². The Labute approximate surface area is 133 Å². The molecule has 0 radical (unpaired) electrons. The molecule has 21 heavy (non-hydrogen) atoms. The van der Waals surface area contributed by atoms with Gasteiger partial charge in [0, 0.05) is 12.6 Å². The lowest BCUT2D eigenvalue weighted by Gasteiger charge is -2.35. The number of thioether (sulfide) groups is 1. The van der Waals surface area contributed by atoms with Crippen LogP contribution < -0.4 is 0 Å². The number of hydrogen-bond donors (Lipinski definition) is 0. The van der Waals surface area contributed by atoms with Crippen LogP contribution in [0.15, 0.2) is 22.8 Å². The second kappa shape index (κ2) is 6.75. The molecule has 1 aliphatic heterocycles. The van der Waals surface area contributed by atoms with Gasteiger partial charge in [-0.1, -0.05) is 18.7 Å². The fourth-order valence-electron chi connectivity index (χ4n) is 2.84. The van der Waals surface area contributed by atoms with Gasteiger partial charge in [0.2, 0.25) is 5.91 Å². The highest BCUT2D eigenvalue weighted by Crippen LogP contribution is 2.29. The Balaban J connectivity index is 1.66. The number of likely N-dealkylation sites (tertiary alicyclic amines) is 1. The molecule has 2 aromatic rings. The van der Waals surface area contributed by atoms with Crippen molar-refractivity contribution < 1.29 is 4.79 Å². The van der Waals surface area contributed by atoms with Gasteiger partial charge in [-0.15, -0.1) is 11.3 Å². The van der Waals surface area contributed by atoms with Crippen molar-refractivity contribution in [1.82, 2.24) is 14.9 Å². The Morgan fingerprint density at radius 1 is 1.48 bits per heavy atom. The van der Waals surface area contributed by atoms with E-state index in [0.717, 1.165) is 41.0 Å². The SMILES string of the molecule is CCC1CCCCN1C(=O)CSc1ncnc2ccsc12. The van der Waals surface area contributed by atoms with E-state index in [1.165, 1.54) is 18.2 Å². The minimum Gasteiger partial charge on any atom is -0.339 e. The predicted octanol–water partition coefficient (Wildman–Crippen LogP) is 3.57. The normalized spacial score (nSPS) is 19.1. The summed E-state index contributed by atoms with van der Waals surface area (Å²) in [5, 5.41) is 2.94. The molecular formula is C15H19N3OS2. The monoisotopic (exact) mass is 321 g/mol. The van der Waals surface area contributed by atoms with Gasteiger partial charge in [-0.25, -0.2) is 9.97 Å². The van der Waals surface area contributed by atoms with Crippen LogP contribution >= 0.6 is 23.1 Å². The lowest BCUT2D eigenvalue weighted by atomic mass is 10.0. The molecule has 0 bridgehead atoms. The van der Waals surface area contributed by atoms with Crippen molar-refractivity contribution in [3.8, 4) is 0 Å². The van der Waals surface area contributed by atoms with E-state index in [4.69, 9.17) is 0 Å². The van der Waals surface area contributed by atoms with Crippen LogP contribution in [0.5, 0.6) is 0 Å². The summed E-state index contributed by atoms with van der Waals surface area (Å²) in [4.78, 5) is 23.1. The van der Waals surface area contributed by atoms with Crippen molar-refractivity contribution in [1.29, 1.82) is 0 Å². The Morgan fingerprint density at radius 3 is 3.24 bits per heavy atom. The lowest BCUT2D eigenvalue weighted by Crippen LogP contribution is -2.44. The second-order valence-corrected chi connectivity index (χ2v) is 7.13. The van der Waals surface area contributed by atoms with Gasteiger partial charge < -0.3 is 4.90 Å². The molecule has 112 valence electrons. The average Bonchev–Trinajstić information content (AvgIpc) is 3.01. The average molecular weight is 321 g/mol. The first kappa shape index (κ1) is 14.8. The zero-order chi connectivity index (χ0) is 14.7. The summed E-state index contributed by atoms with van der Waals surface area (Å²) >= 11 is 3.17. The zero-order valence-corrected chi connectivity index (χ0v) is 13.8. The van der Waals surface area contributed by atoms with Crippen LogP contribution in [0.2, 0.25) is 0 Å². The number of amides is 1. The quantitative estimate of drug-likeness (QED) is 0.638. The highest BCUT2D eigenvalue weighted by atomic mass is 32.2. The summed E-state index contributed by atoms with van der Waals surface area (Å²) in [6, 6.07) is 2.42. The van der Waals surface area contributed by atoms with Crippen molar-refractivity contribution in [2.24, 2.45) is 0 Å². The molecule has 1 saturated heterocycles. The molecule has 1 fully saturated rings. The van der Waals surface area contributed by atoms with Crippen molar-refractivity contribution in [3.05, 3.63) is 17.8 Å². The number of thiophene rings is 1. The van der Waals surface area contributed by atoms with E-state index in [1.807, 2.05) is 11.4 Å².